The van der Waals surface area contributed by atoms with Crippen LogP contribution in [0.15, 0.2) is 9.59 Å². The van der Waals surface area contributed by atoms with E-state index in [9.17, 15) is 9.59 Å². The normalized spacial score (nSPS) is 11.0. The molecule has 0 atom stereocenters. The van der Waals surface area contributed by atoms with Crippen molar-refractivity contribution < 1.29 is 0 Å². The second-order valence-electron chi connectivity index (χ2n) is 3.62. The van der Waals surface area contributed by atoms with Crippen molar-refractivity contribution >= 4 is 17.1 Å². The molecule has 0 aliphatic heterocycles. The molecule has 2 rings (SSSR count). The van der Waals surface area contributed by atoms with Gasteiger partial charge in [0.25, 0.3) is 5.56 Å². The smallest absolute Gasteiger partial charge is 0.332 e. The summed E-state index contributed by atoms with van der Waals surface area (Å²) < 4.78 is 4.14. The molecule has 0 aromatic carbocycles. The predicted octanol–water partition coefficient (Wildman–Crippen LogP) is -0.988. The van der Waals surface area contributed by atoms with Crippen molar-refractivity contribution in [1.82, 2.24) is 18.7 Å². The van der Waals surface area contributed by atoms with Gasteiger partial charge in [-0.15, -0.1) is 0 Å². The van der Waals surface area contributed by atoms with Crippen LogP contribution in [-0.2, 0) is 21.1 Å². The highest BCUT2D eigenvalue weighted by Crippen LogP contribution is 2.11. The lowest BCUT2D eigenvalue weighted by molar-refractivity contribution is 0.698. The molecule has 0 unspecified atom stereocenters. The van der Waals surface area contributed by atoms with Crippen LogP contribution in [0.3, 0.4) is 0 Å². The summed E-state index contributed by atoms with van der Waals surface area (Å²) in [6, 6.07) is 0. The minimum atomic E-state index is -0.379. The lowest BCUT2D eigenvalue weighted by atomic mass is 10.5. The van der Waals surface area contributed by atoms with Gasteiger partial charge in [-0.2, -0.15) is 0 Å². The van der Waals surface area contributed by atoms with Gasteiger partial charge in [-0.3, -0.25) is 18.5 Å². The number of rotatable bonds is 1. The maximum absolute atomic E-state index is 11.8. The van der Waals surface area contributed by atoms with E-state index >= 15 is 0 Å². The fourth-order valence-corrected chi connectivity index (χ4v) is 1.80. The van der Waals surface area contributed by atoms with Crippen LogP contribution in [0.1, 0.15) is 0 Å². The van der Waals surface area contributed by atoms with Crippen molar-refractivity contribution in [3.05, 3.63) is 20.8 Å². The first kappa shape index (κ1) is 10.5. The van der Waals surface area contributed by atoms with Crippen LogP contribution in [0.2, 0.25) is 0 Å². The van der Waals surface area contributed by atoms with Gasteiger partial charge in [0.05, 0.1) is 0 Å². The monoisotopic (exact) mass is 223 g/mol. The molecule has 0 saturated heterocycles. The zero-order chi connectivity index (χ0) is 12.0. The minimum absolute atomic E-state index is 0.288. The molecule has 0 spiro atoms. The zero-order valence-corrected chi connectivity index (χ0v) is 9.61. The van der Waals surface area contributed by atoms with E-state index < -0.39 is 0 Å². The summed E-state index contributed by atoms with van der Waals surface area (Å²) in [6.45, 7) is 0. The molecule has 7 nitrogen and oxygen atoms in total. The SMILES string of the molecule is CNc1nc2c(=O)n(C)c(=O)n(C)c2n1C. The molecular formula is C9H13N5O2. The Kier molecular flexibility index (Phi) is 2.11. The number of hydrogen-bond donors (Lipinski definition) is 1. The Hall–Kier alpha value is -2.05. The number of nitrogens with one attached hydrogen (secondary N) is 1. The molecule has 0 saturated carbocycles. The van der Waals surface area contributed by atoms with Crippen LogP contribution in [0.4, 0.5) is 5.95 Å². The Bertz CT molecular complexity index is 676. The van der Waals surface area contributed by atoms with Crippen LogP contribution in [0.25, 0.3) is 11.2 Å². The fourth-order valence-electron chi connectivity index (χ4n) is 1.80. The van der Waals surface area contributed by atoms with Gasteiger partial charge >= 0.3 is 5.69 Å². The first-order valence-corrected chi connectivity index (χ1v) is 4.79. The predicted molar refractivity (Wildman–Crippen MR) is 60.7 cm³/mol. The Labute approximate surface area is 90.9 Å². The van der Waals surface area contributed by atoms with E-state index in [0.29, 0.717) is 11.6 Å². The Morgan fingerprint density at radius 3 is 2.25 bits per heavy atom. The van der Waals surface area contributed by atoms with E-state index in [4.69, 9.17) is 0 Å². The van der Waals surface area contributed by atoms with Gasteiger partial charge < -0.3 is 5.32 Å². The largest absolute Gasteiger partial charge is 0.359 e. The van der Waals surface area contributed by atoms with Crippen molar-refractivity contribution in [2.75, 3.05) is 12.4 Å². The lowest BCUT2D eigenvalue weighted by Crippen LogP contribution is -2.37. The Morgan fingerprint density at radius 1 is 1.06 bits per heavy atom. The van der Waals surface area contributed by atoms with Gasteiger partial charge in [-0.1, -0.05) is 0 Å². The third kappa shape index (κ3) is 1.11. The average Bonchev–Trinajstić information content (AvgIpc) is 2.61. The van der Waals surface area contributed by atoms with Crippen molar-refractivity contribution in [3.63, 3.8) is 0 Å². The highest BCUT2D eigenvalue weighted by molar-refractivity contribution is 5.73. The summed E-state index contributed by atoms with van der Waals surface area (Å²) in [5.41, 5.74) is 0.0623. The number of imidazole rings is 1. The van der Waals surface area contributed by atoms with E-state index in [1.807, 2.05) is 0 Å². The Morgan fingerprint density at radius 2 is 1.69 bits per heavy atom. The number of anilines is 1. The third-order valence-electron chi connectivity index (χ3n) is 2.69. The summed E-state index contributed by atoms with van der Waals surface area (Å²) in [7, 11) is 6.52. The van der Waals surface area contributed by atoms with Gasteiger partial charge in [0, 0.05) is 28.2 Å². The van der Waals surface area contributed by atoms with Gasteiger partial charge in [-0.25, -0.2) is 9.78 Å². The van der Waals surface area contributed by atoms with E-state index in [0.717, 1.165) is 4.57 Å². The molecule has 86 valence electrons. The van der Waals surface area contributed by atoms with E-state index in [2.05, 4.69) is 10.3 Å². The lowest BCUT2D eigenvalue weighted by Gasteiger charge is -2.05. The quantitative estimate of drug-likeness (QED) is 0.674. The molecule has 0 bridgehead atoms. The fraction of sp³-hybridized carbons (Fsp3) is 0.444. The second kappa shape index (κ2) is 3.22. The number of aromatic nitrogens is 4. The standard InChI is InChI=1S/C9H13N5O2/c1-10-8-11-5-6(12(8)2)13(3)9(16)14(4)7(5)15/h1-4H3,(H,10,11). The Balaban J connectivity index is 3.13. The van der Waals surface area contributed by atoms with E-state index in [1.54, 1.807) is 25.7 Å². The van der Waals surface area contributed by atoms with E-state index in [-0.39, 0.29) is 16.8 Å². The van der Waals surface area contributed by atoms with Crippen molar-refractivity contribution in [2.45, 2.75) is 0 Å². The molecule has 2 heterocycles. The second-order valence-corrected chi connectivity index (χ2v) is 3.62. The summed E-state index contributed by atoms with van der Waals surface area (Å²) in [4.78, 5) is 27.7. The number of hydrogen-bond acceptors (Lipinski definition) is 4. The van der Waals surface area contributed by atoms with E-state index in [1.165, 1.54) is 11.6 Å². The zero-order valence-electron chi connectivity index (χ0n) is 9.61. The maximum atomic E-state index is 11.8. The number of fused-ring (bicyclic) bond motifs is 1. The van der Waals surface area contributed by atoms with Crippen LogP contribution in [0.5, 0.6) is 0 Å². The minimum Gasteiger partial charge on any atom is -0.359 e. The first-order chi connectivity index (χ1) is 7.49. The summed E-state index contributed by atoms with van der Waals surface area (Å²) in [5, 5.41) is 2.87. The molecule has 0 fully saturated rings. The van der Waals surface area contributed by atoms with Crippen LogP contribution in [-0.4, -0.2) is 25.7 Å². The molecular weight excluding hydrogens is 210 g/mol. The maximum Gasteiger partial charge on any atom is 0.332 e. The molecule has 7 heteroatoms. The van der Waals surface area contributed by atoms with Crippen LogP contribution in [0, 0.1) is 0 Å². The molecule has 0 amide bonds. The summed E-state index contributed by atoms with van der Waals surface area (Å²) in [6.07, 6.45) is 0. The molecule has 0 aliphatic carbocycles. The van der Waals surface area contributed by atoms with Crippen molar-refractivity contribution in [3.8, 4) is 0 Å². The average molecular weight is 223 g/mol. The highest BCUT2D eigenvalue weighted by Gasteiger charge is 2.15. The molecule has 0 radical (unpaired) electrons. The topological polar surface area (TPSA) is 73.8 Å². The molecule has 16 heavy (non-hydrogen) atoms. The molecule has 1 N–H and O–H groups in total. The third-order valence-corrected chi connectivity index (χ3v) is 2.69. The van der Waals surface area contributed by atoms with Crippen LogP contribution < -0.4 is 16.6 Å². The number of aryl methyl sites for hydroxylation is 2. The molecule has 0 aliphatic rings. The van der Waals surface area contributed by atoms with Gasteiger partial charge in [-0.05, 0) is 0 Å². The highest BCUT2D eigenvalue weighted by atomic mass is 16.2. The first-order valence-electron chi connectivity index (χ1n) is 4.79. The van der Waals surface area contributed by atoms with Crippen molar-refractivity contribution in [2.24, 2.45) is 21.1 Å². The van der Waals surface area contributed by atoms with Gasteiger partial charge in [0.1, 0.15) is 0 Å². The molecule has 2 aromatic rings. The molecule has 2 aromatic heterocycles. The van der Waals surface area contributed by atoms with Crippen molar-refractivity contribution in [1.29, 1.82) is 0 Å². The summed E-state index contributed by atoms with van der Waals surface area (Å²) >= 11 is 0. The number of nitrogens with zero attached hydrogens (tertiary/aromatic N) is 4. The van der Waals surface area contributed by atoms with Gasteiger partial charge in [0.15, 0.2) is 11.2 Å². The summed E-state index contributed by atoms with van der Waals surface area (Å²) in [5.74, 6) is 0.549. The van der Waals surface area contributed by atoms with Crippen LogP contribution >= 0.6 is 0 Å². The van der Waals surface area contributed by atoms with Gasteiger partial charge in [0.2, 0.25) is 5.95 Å².